The van der Waals surface area contributed by atoms with Gasteiger partial charge in [-0.2, -0.15) is 0 Å². The third-order valence-corrected chi connectivity index (χ3v) is 3.45. The molecule has 4 nitrogen and oxygen atoms in total. The standard InChI is InChI=1S/C15H19NO3/c1-11(17)6-5-9-16-14(18)10-13(15(16)19)12-7-3-2-4-8-12/h2-4,7-8,11,13,17H,5-6,9-10H2,1H3. The van der Waals surface area contributed by atoms with Crippen molar-refractivity contribution in [1.82, 2.24) is 4.90 Å². The fourth-order valence-corrected chi connectivity index (χ4v) is 2.41. The summed E-state index contributed by atoms with van der Waals surface area (Å²) in [5.74, 6) is -0.550. The first-order chi connectivity index (χ1) is 9.09. The molecule has 2 amide bonds. The van der Waals surface area contributed by atoms with Gasteiger partial charge in [-0.3, -0.25) is 14.5 Å². The molecule has 0 aliphatic carbocycles. The van der Waals surface area contributed by atoms with Gasteiger partial charge in [-0.15, -0.1) is 0 Å². The second-order valence-corrected chi connectivity index (χ2v) is 5.04. The zero-order valence-corrected chi connectivity index (χ0v) is 11.1. The van der Waals surface area contributed by atoms with E-state index in [1.54, 1.807) is 6.92 Å². The van der Waals surface area contributed by atoms with Crippen molar-refractivity contribution in [1.29, 1.82) is 0 Å². The highest BCUT2D eigenvalue weighted by molar-refractivity contribution is 6.06. The summed E-state index contributed by atoms with van der Waals surface area (Å²) in [6, 6.07) is 9.42. The summed E-state index contributed by atoms with van der Waals surface area (Å²) in [7, 11) is 0. The van der Waals surface area contributed by atoms with E-state index in [1.165, 1.54) is 4.90 Å². The van der Waals surface area contributed by atoms with Gasteiger partial charge < -0.3 is 5.11 Å². The number of carbonyl (C=O) groups excluding carboxylic acids is 2. The molecule has 1 aliphatic heterocycles. The molecule has 0 bridgehead atoms. The molecule has 1 aromatic carbocycles. The number of hydrogen-bond donors (Lipinski definition) is 1. The number of hydrogen-bond acceptors (Lipinski definition) is 3. The summed E-state index contributed by atoms with van der Waals surface area (Å²) in [6.45, 7) is 2.12. The fourth-order valence-electron chi connectivity index (χ4n) is 2.41. The van der Waals surface area contributed by atoms with Gasteiger partial charge in [-0.1, -0.05) is 30.3 Å². The van der Waals surface area contributed by atoms with Crippen LogP contribution < -0.4 is 0 Å². The molecule has 0 radical (unpaired) electrons. The van der Waals surface area contributed by atoms with Gasteiger partial charge >= 0.3 is 0 Å². The molecule has 1 aliphatic rings. The maximum absolute atomic E-state index is 12.2. The second-order valence-electron chi connectivity index (χ2n) is 5.04. The quantitative estimate of drug-likeness (QED) is 0.821. The van der Waals surface area contributed by atoms with Gasteiger partial charge in [-0.25, -0.2) is 0 Å². The monoisotopic (exact) mass is 261 g/mol. The van der Waals surface area contributed by atoms with Crippen LogP contribution in [0.4, 0.5) is 0 Å². The van der Waals surface area contributed by atoms with Crippen molar-refractivity contribution in [2.45, 2.75) is 38.2 Å². The number of aliphatic hydroxyl groups is 1. The minimum atomic E-state index is -0.391. The van der Waals surface area contributed by atoms with Gasteiger partial charge in [0, 0.05) is 13.0 Å². The summed E-state index contributed by atoms with van der Waals surface area (Å²) in [5, 5.41) is 9.20. The average molecular weight is 261 g/mol. The van der Waals surface area contributed by atoms with Crippen LogP contribution in [-0.2, 0) is 9.59 Å². The third-order valence-electron chi connectivity index (χ3n) is 3.45. The maximum atomic E-state index is 12.2. The topological polar surface area (TPSA) is 57.6 Å². The van der Waals surface area contributed by atoms with Crippen LogP contribution in [0, 0.1) is 0 Å². The SMILES string of the molecule is CC(O)CCCN1C(=O)CC(c2ccccc2)C1=O. The summed E-state index contributed by atoms with van der Waals surface area (Å²) >= 11 is 0. The molecule has 0 saturated carbocycles. The normalized spacial score (nSPS) is 20.9. The third kappa shape index (κ3) is 3.20. The lowest BCUT2D eigenvalue weighted by molar-refractivity contribution is -0.138. The molecule has 1 N–H and O–H groups in total. The van der Waals surface area contributed by atoms with Crippen molar-refractivity contribution in [3.8, 4) is 0 Å². The van der Waals surface area contributed by atoms with Crippen molar-refractivity contribution < 1.29 is 14.7 Å². The van der Waals surface area contributed by atoms with Crippen LogP contribution in [0.5, 0.6) is 0 Å². The van der Waals surface area contributed by atoms with Crippen LogP contribution in [0.3, 0.4) is 0 Å². The first-order valence-electron chi connectivity index (χ1n) is 6.67. The lowest BCUT2D eigenvalue weighted by Crippen LogP contribution is -2.31. The van der Waals surface area contributed by atoms with Crippen LogP contribution in [0.2, 0.25) is 0 Å². The number of carbonyl (C=O) groups is 2. The Labute approximate surface area is 113 Å². The Morgan fingerprint density at radius 1 is 1.32 bits per heavy atom. The zero-order chi connectivity index (χ0) is 13.8. The van der Waals surface area contributed by atoms with Crippen LogP contribution in [-0.4, -0.2) is 34.5 Å². The zero-order valence-electron chi connectivity index (χ0n) is 11.1. The van der Waals surface area contributed by atoms with Gasteiger partial charge in [0.25, 0.3) is 0 Å². The van der Waals surface area contributed by atoms with Crippen LogP contribution in [0.15, 0.2) is 30.3 Å². The molecular weight excluding hydrogens is 242 g/mol. The molecular formula is C15H19NO3. The Balaban J connectivity index is 2.00. The van der Waals surface area contributed by atoms with E-state index in [-0.39, 0.29) is 24.2 Å². The van der Waals surface area contributed by atoms with Gasteiger partial charge in [0.05, 0.1) is 12.0 Å². The summed E-state index contributed by atoms with van der Waals surface area (Å²) in [4.78, 5) is 25.5. The van der Waals surface area contributed by atoms with E-state index in [9.17, 15) is 14.7 Å². The molecule has 2 unspecified atom stereocenters. The predicted octanol–water partition coefficient (Wildman–Crippen LogP) is 1.69. The number of rotatable bonds is 5. The first kappa shape index (κ1) is 13.7. The van der Waals surface area contributed by atoms with Gasteiger partial charge in [0.15, 0.2) is 0 Å². The minimum absolute atomic E-state index is 0.107. The summed E-state index contributed by atoms with van der Waals surface area (Å²) in [6.07, 6.45) is 1.12. The van der Waals surface area contributed by atoms with Gasteiger partial charge in [0.1, 0.15) is 0 Å². The first-order valence-corrected chi connectivity index (χ1v) is 6.67. The van der Waals surface area contributed by atoms with Crippen molar-refractivity contribution >= 4 is 11.8 Å². The van der Waals surface area contributed by atoms with E-state index in [4.69, 9.17) is 0 Å². The van der Waals surface area contributed by atoms with E-state index in [0.717, 1.165) is 5.56 Å². The lowest BCUT2D eigenvalue weighted by Gasteiger charge is -2.15. The lowest BCUT2D eigenvalue weighted by atomic mass is 9.98. The molecule has 2 rings (SSSR count). The van der Waals surface area contributed by atoms with Crippen LogP contribution >= 0.6 is 0 Å². The Bertz CT molecular complexity index is 456. The number of imide groups is 1. The maximum Gasteiger partial charge on any atom is 0.237 e. The summed E-state index contributed by atoms with van der Waals surface area (Å²) in [5.41, 5.74) is 0.902. The molecule has 19 heavy (non-hydrogen) atoms. The molecule has 1 aromatic rings. The molecule has 1 saturated heterocycles. The van der Waals surface area contributed by atoms with E-state index < -0.39 is 6.10 Å². The van der Waals surface area contributed by atoms with E-state index in [1.807, 2.05) is 30.3 Å². The largest absolute Gasteiger partial charge is 0.393 e. The van der Waals surface area contributed by atoms with Crippen molar-refractivity contribution in [2.75, 3.05) is 6.54 Å². The number of benzene rings is 1. The molecule has 1 fully saturated rings. The molecule has 2 atom stereocenters. The van der Waals surface area contributed by atoms with Crippen molar-refractivity contribution in [2.24, 2.45) is 0 Å². The summed E-state index contributed by atoms with van der Waals surface area (Å²) < 4.78 is 0. The number of aliphatic hydroxyl groups excluding tert-OH is 1. The Morgan fingerprint density at radius 2 is 2.00 bits per heavy atom. The number of likely N-dealkylation sites (tertiary alicyclic amines) is 1. The average Bonchev–Trinajstić information content (AvgIpc) is 2.67. The van der Waals surface area contributed by atoms with Crippen molar-refractivity contribution in [3.63, 3.8) is 0 Å². The highest BCUT2D eigenvalue weighted by Gasteiger charge is 2.38. The van der Waals surface area contributed by atoms with Crippen LogP contribution in [0.1, 0.15) is 37.7 Å². The molecule has 1 heterocycles. The highest BCUT2D eigenvalue weighted by atomic mass is 16.3. The van der Waals surface area contributed by atoms with Crippen LogP contribution in [0.25, 0.3) is 0 Å². The Morgan fingerprint density at radius 3 is 2.63 bits per heavy atom. The number of amides is 2. The minimum Gasteiger partial charge on any atom is -0.393 e. The number of nitrogens with zero attached hydrogens (tertiary/aromatic N) is 1. The van der Waals surface area contributed by atoms with Gasteiger partial charge in [0.2, 0.25) is 11.8 Å². The molecule has 102 valence electrons. The fraction of sp³-hybridized carbons (Fsp3) is 0.467. The molecule has 0 spiro atoms. The highest BCUT2D eigenvalue weighted by Crippen LogP contribution is 2.29. The second kappa shape index (κ2) is 5.97. The van der Waals surface area contributed by atoms with E-state index >= 15 is 0 Å². The molecule has 4 heteroatoms. The van der Waals surface area contributed by atoms with E-state index in [0.29, 0.717) is 19.4 Å². The smallest absolute Gasteiger partial charge is 0.237 e. The predicted molar refractivity (Wildman–Crippen MR) is 71.4 cm³/mol. The van der Waals surface area contributed by atoms with E-state index in [2.05, 4.69) is 0 Å². The Kier molecular flexibility index (Phi) is 4.32. The van der Waals surface area contributed by atoms with Crippen molar-refractivity contribution in [3.05, 3.63) is 35.9 Å². The Hall–Kier alpha value is -1.68. The van der Waals surface area contributed by atoms with Gasteiger partial charge in [-0.05, 0) is 25.3 Å². The molecule has 0 aromatic heterocycles.